The number of hydrogen-bond acceptors (Lipinski definition) is 3. The first-order valence-electron chi connectivity index (χ1n) is 6.99. The van der Waals surface area contributed by atoms with Crippen LogP contribution in [0.3, 0.4) is 0 Å². The Hall–Kier alpha value is -1.65. The van der Waals surface area contributed by atoms with Crippen molar-refractivity contribution >= 4 is 5.91 Å². The van der Waals surface area contributed by atoms with Gasteiger partial charge in [-0.25, -0.2) is 9.78 Å². The lowest BCUT2D eigenvalue weighted by atomic mass is 10.1. The molecule has 5 nitrogen and oxygen atoms in total. The molecule has 1 aromatic rings. The van der Waals surface area contributed by atoms with Gasteiger partial charge in [0, 0.05) is 24.5 Å². The molecule has 1 aromatic heterocycles. The van der Waals surface area contributed by atoms with Crippen LogP contribution in [0, 0.1) is 5.92 Å². The van der Waals surface area contributed by atoms with Crippen molar-refractivity contribution in [3.8, 4) is 0 Å². The molecular formula is C14H19N3O2. The van der Waals surface area contributed by atoms with E-state index in [1.165, 1.54) is 23.6 Å². The predicted molar refractivity (Wildman–Crippen MR) is 70.6 cm³/mol. The standard InChI is InChI=1S/C14H19N3O2/c1-10(11-3-4-11)17(12-5-6-12)13(18)9-16-8-2-7-15-14(16)19/h2,7-8,10-12H,3-6,9H2,1H3/t10-/m1/s1. The zero-order valence-electron chi connectivity index (χ0n) is 11.2. The molecule has 0 saturated heterocycles. The first kappa shape index (κ1) is 12.4. The van der Waals surface area contributed by atoms with Gasteiger partial charge in [0.25, 0.3) is 0 Å². The molecule has 0 bridgehead atoms. The van der Waals surface area contributed by atoms with E-state index in [1.807, 2.05) is 4.90 Å². The van der Waals surface area contributed by atoms with Gasteiger partial charge in [-0.15, -0.1) is 0 Å². The molecule has 1 amide bonds. The second-order valence-corrected chi connectivity index (χ2v) is 5.64. The second-order valence-electron chi connectivity index (χ2n) is 5.64. The van der Waals surface area contributed by atoms with E-state index >= 15 is 0 Å². The highest BCUT2D eigenvalue weighted by Crippen LogP contribution is 2.39. The fourth-order valence-electron chi connectivity index (χ4n) is 2.66. The molecule has 0 radical (unpaired) electrons. The Kier molecular flexibility index (Phi) is 3.12. The summed E-state index contributed by atoms with van der Waals surface area (Å²) in [6.07, 6.45) is 7.74. The minimum atomic E-state index is -0.356. The van der Waals surface area contributed by atoms with Gasteiger partial charge >= 0.3 is 5.69 Å². The summed E-state index contributed by atoms with van der Waals surface area (Å²) in [4.78, 5) is 29.7. The molecule has 102 valence electrons. The van der Waals surface area contributed by atoms with Crippen LogP contribution in [0.15, 0.2) is 23.3 Å². The summed E-state index contributed by atoms with van der Waals surface area (Å²) >= 11 is 0. The van der Waals surface area contributed by atoms with E-state index in [-0.39, 0.29) is 18.1 Å². The van der Waals surface area contributed by atoms with Crippen LogP contribution in [0.2, 0.25) is 0 Å². The fraction of sp³-hybridized carbons (Fsp3) is 0.643. The lowest BCUT2D eigenvalue weighted by molar-refractivity contribution is -0.135. The monoisotopic (exact) mass is 261 g/mol. The third-order valence-corrected chi connectivity index (χ3v) is 4.06. The van der Waals surface area contributed by atoms with E-state index in [4.69, 9.17) is 0 Å². The minimum Gasteiger partial charge on any atom is -0.335 e. The van der Waals surface area contributed by atoms with E-state index in [2.05, 4.69) is 11.9 Å². The molecule has 3 rings (SSSR count). The van der Waals surface area contributed by atoms with Gasteiger partial charge in [-0.2, -0.15) is 0 Å². The lowest BCUT2D eigenvalue weighted by Crippen LogP contribution is -2.44. The summed E-state index contributed by atoms with van der Waals surface area (Å²) in [7, 11) is 0. The SMILES string of the molecule is C[C@H](C1CC1)N(C(=O)Cn1cccnc1=O)C1CC1. The Morgan fingerprint density at radius 3 is 2.79 bits per heavy atom. The molecule has 2 fully saturated rings. The predicted octanol–water partition coefficient (Wildman–Crippen LogP) is 1.03. The van der Waals surface area contributed by atoms with Crippen LogP contribution in [0.25, 0.3) is 0 Å². The summed E-state index contributed by atoms with van der Waals surface area (Å²) in [6, 6.07) is 2.39. The van der Waals surface area contributed by atoms with Crippen LogP contribution >= 0.6 is 0 Å². The number of carbonyl (C=O) groups is 1. The van der Waals surface area contributed by atoms with Gasteiger partial charge in [0.1, 0.15) is 6.54 Å². The van der Waals surface area contributed by atoms with Crippen molar-refractivity contribution in [2.75, 3.05) is 0 Å². The molecule has 1 heterocycles. The molecule has 1 atom stereocenters. The van der Waals surface area contributed by atoms with Gasteiger partial charge in [0.15, 0.2) is 0 Å². The van der Waals surface area contributed by atoms with Gasteiger partial charge in [-0.3, -0.25) is 9.36 Å². The largest absolute Gasteiger partial charge is 0.347 e. The highest BCUT2D eigenvalue weighted by atomic mass is 16.2. The third kappa shape index (κ3) is 2.69. The average molecular weight is 261 g/mol. The van der Waals surface area contributed by atoms with Gasteiger partial charge < -0.3 is 4.90 Å². The average Bonchev–Trinajstić information content (AvgIpc) is 3.26. The Morgan fingerprint density at radius 1 is 1.47 bits per heavy atom. The van der Waals surface area contributed by atoms with Crippen molar-refractivity contribution < 1.29 is 4.79 Å². The summed E-state index contributed by atoms with van der Waals surface area (Å²) in [5.41, 5.74) is -0.356. The van der Waals surface area contributed by atoms with Crippen LogP contribution in [-0.4, -0.2) is 32.4 Å². The zero-order valence-corrected chi connectivity index (χ0v) is 11.2. The van der Waals surface area contributed by atoms with Crippen molar-refractivity contribution in [1.29, 1.82) is 0 Å². The van der Waals surface area contributed by atoms with Crippen LogP contribution in [-0.2, 0) is 11.3 Å². The highest BCUT2D eigenvalue weighted by Gasteiger charge is 2.41. The Bertz CT molecular complexity index is 531. The number of aromatic nitrogens is 2. The number of hydrogen-bond donors (Lipinski definition) is 0. The molecule has 0 aliphatic heterocycles. The second kappa shape index (κ2) is 4.79. The molecule has 0 unspecified atom stereocenters. The Labute approximate surface area is 112 Å². The number of carbonyl (C=O) groups excluding carboxylic acids is 1. The smallest absolute Gasteiger partial charge is 0.335 e. The summed E-state index contributed by atoms with van der Waals surface area (Å²) in [6.45, 7) is 2.25. The normalized spacial score (nSPS) is 20.1. The number of amides is 1. The molecule has 19 heavy (non-hydrogen) atoms. The van der Waals surface area contributed by atoms with Gasteiger partial charge in [-0.05, 0) is 44.6 Å². The highest BCUT2D eigenvalue weighted by molar-refractivity contribution is 5.77. The molecule has 5 heteroatoms. The molecule has 0 N–H and O–H groups in total. The lowest BCUT2D eigenvalue weighted by Gasteiger charge is -2.29. The fourth-order valence-corrected chi connectivity index (χ4v) is 2.66. The molecule has 2 aliphatic carbocycles. The maximum Gasteiger partial charge on any atom is 0.347 e. The first-order chi connectivity index (χ1) is 9.16. The van der Waals surface area contributed by atoms with Crippen LogP contribution < -0.4 is 5.69 Å². The van der Waals surface area contributed by atoms with Crippen LogP contribution in [0.4, 0.5) is 0 Å². The van der Waals surface area contributed by atoms with Crippen molar-refractivity contribution in [1.82, 2.24) is 14.5 Å². The molecule has 2 saturated carbocycles. The van der Waals surface area contributed by atoms with Gasteiger partial charge in [0.05, 0.1) is 0 Å². The van der Waals surface area contributed by atoms with E-state index in [0.717, 1.165) is 12.8 Å². The number of nitrogens with zero attached hydrogens (tertiary/aromatic N) is 3. The first-order valence-corrected chi connectivity index (χ1v) is 6.99. The van der Waals surface area contributed by atoms with E-state index in [9.17, 15) is 9.59 Å². The Balaban J connectivity index is 1.73. The molecular weight excluding hydrogens is 242 g/mol. The molecule has 0 spiro atoms. The molecule has 2 aliphatic rings. The third-order valence-electron chi connectivity index (χ3n) is 4.06. The zero-order chi connectivity index (χ0) is 13.4. The van der Waals surface area contributed by atoms with E-state index in [1.54, 1.807) is 12.3 Å². The van der Waals surface area contributed by atoms with Crippen molar-refractivity contribution in [2.45, 2.75) is 51.2 Å². The van der Waals surface area contributed by atoms with Gasteiger partial charge in [-0.1, -0.05) is 0 Å². The van der Waals surface area contributed by atoms with E-state index in [0.29, 0.717) is 18.0 Å². The topological polar surface area (TPSA) is 55.2 Å². The van der Waals surface area contributed by atoms with Crippen molar-refractivity contribution in [2.24, 2.45) is 5.92 Å². The maximum atomic E-state index is 12.5. The van der Waals surface area contributed by atoms with Crippen molar-refractivity contribution in [3.05, 3.63) is 28.9 Å². The quantitative estimate of drug-likeness (QED) is 0.795. The minimum absolute atomic E-state index is 0.0528. The maximum absolute atomic E-state index is 12.5. The van der Waals surface area contributed by atoms with Gasteiger partial charge in [0.2, 0.25) is 5.91 Å². The summed E-state index contributed by atoms with van der Waals surface area (Å²) in [5, 5.41) is 0. The summed E-state index contributed by atoms with van der Waals surface area (Å²) < 4.78 is 1.39. The van der Waals surface area contributed by atoms with Crippen LogP contribution in [0.1, 0.15) is 32.6 Å². The Morgan fingerprint density at radius 2 is 2.21 bits per heavy atom. The summed E-state index contributed by atoms with van der Waals surface area (Å²) in [5.74, 6) is 0.715. The van der Waals surface area contributed by atoms with Crippen LogP contribution in [0.5, 0.6) is 0 Å². The number of rotatable bonds is 5. The van der Waals surface area contributed by atoms with Crippen molar-refractivity contribution in [3.63, 3.8) is 0 Å². The molecule has 0 aromatic carbocycles. The van der Waals surface area contributed by atoms with E-state index < -0.39 is 0 Å².